The summed E-state index contributed by atoms with van der Waals surface area (Å²) in [4.78, 5) is 24.4. The van der Waals surface area contributed by atoms with Crippen LogP contribution in [0.25, 0.3) is 89.1 Å². The number of rotatable bonds is 5. The molecule has 0 aliphatic heterocycles. The predicted molar refractivity (Wildman–Crippen MR) is 195 cm³/mol. The van der Waals surface area contributed by atoms with E-state index in [0.29, 0.717) is 17.5 Å². The Morgan fingerprint density at radius 2 is 0.812 bits per heavy atom. The maximum Gasteiger partial charge on any atom is 0.164 e. The van der Waals surface area contributed by atoms with Crippen molar-refractivity contribution in [3.05, 3.63) is 164 Å². The third kappa shape index (κ3) is 4.95. The maximum absolute atomic E-state index is 5.15. The standard InChI is InChI=1S/C43H27N5/c1-3-10-31(11-4-1)41-46-42(32-12-5-2-6-13-32)48-43(47-41)33-21-17-28(18-22-33)34-24-25-37(36-16-8-7-15-35(34)36)38-26-23-30-20-19-29-14-9-27-44-39(29)40(30)45-38/h1-27H. The lowest BCUT2D eigenvalue weighted by Crippen LogP contribution is -2.00. The van der Waals surface area contributed by atoms with Crippen molar-refractivity contribution >= 4 is 32.6 Å². The third-order valence-corrected chi connectivity index (χ3v) is 8.79. The van der Waals surface area contributed by atoms with Gasteiger partial charge in [-0.3, -0.25) is 4.98 Å². The van der Waals surface area contributed by atoms with Crippen LogP contribution >= 0.6 is 0 Å². The van der Waals surface area contributed by atoms with Gasteiger partial charge in [0.2, 0.25) is 0 Å². The molecule has 9 rings (SSSR count). The van der Waals surface area contributed by atoms with Gasteiger partial charge in [0.25, 0.3) is 0 Å². The maximum atomic E-state index is 5.15. The van der Waals surface area contributed by atoms with E-state index in [2.05, 4.69) is 96.0 Å². The van der Waals surface area contributed by atoms with Crippen LogP contribution in [-0.4, -0.2) is 24.9 Å². The van der Waals surface area contributed by atoms with Crippen LogP contribution in [0, 0.1) is 0 Å². The van der Waals surface area contributed by atoms with Crippen molar-refractivity contribution in [3.63, 3.8) is 0 Å². The average molecular weight is 614 g/mol. The van der Waals surface area contributed by atoms with Crippen LogP contribution in [0.2, 0.25) is 0 Å². The van der Waals surface area contributed by atoms with E-state index in [0.717, 1.165) is 66.3 Å². The number of hydrogen-bond donors (Lipinski definition) is 0. The molecule has 6 aromatic carbocycles. The van der Waals surface area contributed by atoms with Crippen LogP contribution in [-0.2, 0) is 0 Å². The highest BCUT2D eigenvalue weighted by Crippen LogP contribution is 2.37. The fraction of sp³-hybridized carbons (Fsp3) is 0. The molecule has 0 N–H and O–H groups in total. The summed E-state index contributed by atoms with van der Waals surface area (Å²) in [6.07, 6.45) is 1.83. The molecular weight excluding hydrogens is 587 g/mol. The highest BCUT2D eigenvalue weighted by molar-refractivity contribution is 6.07. The molecule has 5 nitrogen and oxygen atoms in total. The Morgan fingerprint density at radius 1 is 0.312 bits per heavy atom. The molecular formula is C43H27N5. The van der Waals surface area contributed by atoms with E-state index in [4.69, 9.17) is 19.9 Å². The van der Waals surface area contributed by atoms with Crippen molar-refractivity contribution in [1.82, 2.24) is 24.9 Å². The normalized spacial score (nSPS) is 11.3. The van der Waals surface area contributed by atoms with Gasteiger partial charge in [-0.1, -0.05) is 146 Å². The first-order valence-corrected chi connectivity index (χ1v) is 15.9. The summed E-state index contributed by atoms with van der Waals surface area (Å²) in [5.74, 6) is 1.94. The van der Waals surface area contributed by atoms with E-state index in [1.165, 1.54) is 5.39 Å². The van der Waals surface area contributed by atoms with E-state index in [9.17, 15) is 0 Å². The summed E-state index contributed by atoms with van der Waals surface area (Å²) in [5, 5.41) is 4.48. The summed E-state index contributed by atoms with van der Waals surface area (Å²) in [6, 6.07) is 54.0. The fourth-order valence-electron chi connectivity index (χ4n) is 6.38. The Morgan fingerprint density at radius 3 is 1.46 bits per heavy atom. The zero-order valence-electron chi connectivity index (χ0n) is 25.8. The van der Waals surface area contributed by atoms with Gasteiger partial charge >= 0.3 is 0 Å². The molecule has 0 spiro atoms. The number of pyridine rings is 2. The minimum Gasteiger partial charge on any atom is -0.254 e. The Kier molecular flexibility index (Phi) is 6.72. The highest BCUT2D eigenvalue weighted by Gasteiger charge is 2.15. The molecule has 3 heterocycles. The number of nitrogens with zero attached hydrogens (tertiary/aromatic N) is 5. The van der Waals surface area contributed by atoms with Crippen LogP contribution < -0.4 is 0 Å². The second-order valence-electron chi connectivity index (χ2n) is 11.7. The Balaban J connectivity index is 1.12. The van der Waals surface area contributed by atoms with Crippen LogP contribution in [0.5, 0.6) is 0 Å². The first kappa shape index (κ1) is 27.7. The van der Waals surface area contributed by atoms with Crippen LogP contribution in [0.1, 0.15) is 0 Å². The number of aromatic nitrogens is 5. The summed E-state index contributed by atoms with van der Waals surface area (Å²) < 4.78 is 0. The molecule has 5 heteroatoms. The summed E-state index contributed by atoms with van der Waals surface area (Å²) in [5.41, 5.74) is 8.95. The number of benzene rings is 6. The molecule has 0 atom stereocenters. The molecule has 0 aliphatic carbocycles. The van der Waals surface area contributed by atoms with Crippen molar-refractivity contribution in [2.24, 2.45) is 0 Å². The summed E-state index contributed by atoms with van der Waals surface area (Å²) in [6.45, 7) is 0. The van der Waals surface area contributed by atoms with E-state index in [-0.39, 0.29) is 0 Å². The molecule has 48 heavy (non-hydrogen) atoms. The van der Waals surface area contributed by atoms with Gasteiger partial charge in [0.1, 0.15) is 0 Å². The van der Waals surface area contributed by atoms with Crippen molar-refractivity contribution in [2.75, 3.05) is 0 Å². The zero-order valence-corrected chi connectivity index (χ0v) is 25.8. The average Bonchev–Trinajstić information content (AvgIpc) is 3.18. The second kappa shape index (κ2) is 11.6. The molecule has 9 aromatic rings. The molecule has 0 bridgehead atoms. The Hall–Kier alpha value is -6.59. The van der Waals surface area contributed by atoms with Crippen LogP contribution in [0.3, 0.4) is 0 Å². The van der Waals surface area contributed by atoms with Crippen molar-refractivity contribution in [3.8, 4) is 56.5 Å². The van der Waals surface area contributed by atoms with Gasteiger partial charge in [0.05, 0.1) is 16.7 Å². The molecule has 3 aromatic heterocycles. The van der Waals surface area contributed by atoms with E-state index < -0.39 is 0 Å². The summed E-state index contributed by atoms with van der Waals surface area (Å²) in [7, 11) is 0. The van der Waals surface area contributed by atoms with E-state index in [1.807, 2.05) is 72.9 Å². The number of fused-ring (bicyclic) bond motifs is 4. The quantitative estimate of drug-likeness (QED) is 0.181. The predicted octanol–water partition coefficient (Wildman–Crippen LogP) is 10.5. The third-order valence-electron chi connectivity index (χ3n) is 8.79. The van der Waals surface area contributed by atoms with Gasteiger partial charge in [-0.15, -0.1) is 0 Å². The number of hydrogen-bond acceptors (Lipinski definition) is 5. The largest absolute Gasteiger partial charge is 0.254 e. The molecule has 0 radical (unpaired) electrons. The Labute approximate surface area is 277 Å². The van der Waals surface area contributed by atoms with Gasteiger partial charge in [0.15, 0.2) is 17.5 Å². The van der Waals surface area contributed by atoms with Gasteiger partial charge in [-0.2, -0.15) is 0 Å². The van der Waals surface area contributed by atoms with Crippen LogP contribution in [0.4, 0.5) is 0 Å². The fourth-order valence-corrected chi connectivity index (χ4v) is 6.38. The molecule has 0 saturated heterocycles. The Bertz CT molecular complexity index is 2540. The highest BCUT2D eigenvalue weighted by atomic mass is 15.0. The van der Waals surface area contributed by atoms with Crippen LogP contribution in [0.15, 0.2) is 164 Å². The van der Waals surface area contributed by atoms with Gasteiger partial charge in [0, 0.05) is 39.2 Å². The first-order chi connectivity index (χ1) is 23.8. The van der Waals surface area contributed by atoms with Gasteiger partial charge < -0.3 is 0 Å². The van der Waals surface area contributed by atoms with Gasteiger partial charge in [-0.25, -0.2) is 19.9 Å². The lowest BCUT2D eigenvalue weighted by Gasteiger charge is -2.13. The molecule has 0 saturated carbocycles. The lowest BCUT2D eigenvalue weighted by molar-refractivity contribution is 1.07. The van der Waals surface area contributed by atoms with Crippen molar-refractivity contribution in [2.45, 2.75) is 0 Å². The monoisotopic (exact) mass is 613 g/mol. The second-order valence-corrected chi connectivity index (χ2v) is 11.7. The lowest BCUT2D eigenvalue weighted by atomic mass is 9.93. The van der Waals surface area contributed by atoms with Gasteiger partial charge in [-0.05, 0) is 34.0 Å². The summed E-state index contributed by atoms with van der Waals surface area (Å²) >= 11 is 0. The van der Waals surface area contributed by atoms with E-state index in [1.54, 1.807) is 0 Å². The smallest absolute Gasteiger partial charge is 0.164 e. The molecule has 0 unspecified atom stereocenters. The molecule has 0 fully saturated rings. The SMILES string of the molecule is c1ccc(-c2nc(-c3ccccc3)nc(-c3ccc(-c4ccc(-c5ccc6ccc7cccnc7c6n5)c5ccccc45)cc3)n2)cc1. The minimum absolute atomic E-state index is 0.638. The van der Waals surface area contributed by atoms with Crippen molar-refractivity contribution < 1.29 is 0 Å². The van der Waals surface area contributed by atoms with E-state index >= 15 is 0 Å². The minimum atomic E-state index is 0.638. The first-order valence-electron chi connectivity index (χ1n) is 15.9. The van der Waals surface area contributed by atoms with Crippen molar-refractivity contribution in [1.29, 1.82) is 0 Å². The molecule has 224 valence electrons. The molecule has 0 amide bonds. The zero-order chi connectivity index (χ0) is 31.9. The topological polar surface area (TPSA) is 64.5 Å². The molecule has 0 aliphatic rings.